The second-order valence-electron chi connectivity index (χ2n) is 4.93. The van der Waals surface area contributed by atoms with Gasteiger partial charge < -0.3 is 5.73 Å². The molecule has 0 spiro atoms. The molecule has 0 aliphatic carbocycles. The van der Waals surface area contributed by atoms with E-state index in [0.29, 0.717) is 5.56 Å². The van der Waals surface area contributed by atoms with E-state index in [-0.39, 0.29) is 11.5 Å². The van der Waals surface area contributed by atoms with E-state index in [0.717, 1.165) is 12.1 Å². The smallest absolute Gasteiger partial charge is 0.266 e. The highest BCUT2D eigenvalue weighted by Gasteiger charge is 2.24. The molecule has 0 fully saturated rings. The quantitative estimate of drug-likeness (QED) is 0.822. The van der Waals surface area contributed by atoms with E-state index < -0.39 is 17.8 Å². The lowest BCUT2D eigenvalue weighted by Crippen LogP contribution is -2.26. The zero-order chi connectivity index (χ0) is 12.5. The van der Waals surface area contributed by atoms with Gasteiger partial charge in [0.25, 0.3) is 6.43 Å². The molecule has 1 nitrogen and oxygen atoms in total. The third-order valence-corrected chi connectivity index (χ3v) is 2.55. The highest BCUT2D eigenvalue weighted by atomic mass is 19.3. The van der Waals surface area contributed by atoms with Crippen molar-refractivity contribution in [3.63, 3.8) is 0 Å². The van der Waals surface area contributed by atoms with Gasteiger partial charge in [-0.25, -0.2) is 13.2 Å². The first-order valence-corrected chi connectivity index (χ1v) is 5.06. The lowest BCUT2D eigenvalue weighted by Gasteiger charge is -2.27. The van der Waals surface area contributed by atoms with E-state index in [1.54, 1.807) is 0 Å². The van der Waals surface area contributed by atoms with Crippen LogP contribution in [0, 0.1) is 11.2 Å². The molecule has 1 atom stereocenters. The van der Waals surface area contributed by atoms with Gasteiger partial charge in [-0.1, -0.05) is 32.9 Å². The van der Waals surface area contributed by atoms with Crippen LogP contribution in [0.25, 0.3) is 0 Å². The third kappa shape index (κ3) is 2.76. The van der Waals surface area contributed by atoms with Gasteiger partial charge in [0.2, 0.25) is 0 Å². The predicted octanol–water partition coefficient (Wildman–Crippen LogP) is 3.81. The van der Waals surface area contributed by atoms with Crippen LogP contribution < -0.4 is 5.73 Å². The van der Waals surface area contributed by atoms with Gasteiger partial charge in [0.1, 0.15) is 5.82 Å². The minimum atomic E-state index is -2.79. The molecule has 0 heterocycles. The lowest BCUT2D eigenvalue weighted by molar-refractivity contribution is 0.146. The number of halogens is 3. The highest BCUT2D eigenvalue weighted by Crippen LogP contribution is 2.32. The summed E-state index contributed by atoms with van der Waals surface area (Å²) in [4.78, 5) is 0. The van der Waals surface area contributed by atoms with Gasteiger partial charge in [0.05, 0.1) is 5.56 Å². The molecule has 1 rings (SSSR count). The molecule has 1 aromatic rings. The molecule has 0 saturated carbocycles. The Hall–Kier alpha value is -1.03. The van der Waals surface area contributed by atoms with Gasteiger partial charge in [-0.3, -0.25) is 0 Å². The summed E-state index contributed by atoms with van der Waals surface area (Å²) in [5, 5.41) is 0. The number of rotatable bonds is 2. The van der Waals surface area contributed by atoms with Crippen LogP contribution in [0.3, 0.4) is 0 Å². The molecule has 0 amide bonds. The fourth-order valence-electron chi connectivity index (χ4n) is 1.41. The standard InChI is InChI=1S/C12H16F3N/c1-12(2,3)10(16)7-4-5-8(11(14)15)9(13)6-7/h4-6,10-11H,16H2,1-3H3/t10-/m0/s1. The summed E-state index contributed by atoms with van der Waals surface area (Å²) in [5.74, 6) is -0.896. The average Bonchev–Trinajstić information content (AvgIpc) is 2.14. The second-order valence-corrected chi connectivity index (χ2v) is 4.93. The first-order chi connectivity index (χ1) is 7.23. The van der Waals surface area contributed by atoms with Crippen molar-refractivity contribution in [2.75, 3.05) is 0 Å². The minimum Gasteiger partial charge on any atom is -0.324 e. The van der Waals surface area contributed by atoms with Gasteiger partial charge >= 0.3 is 0 Å². The molecular weight excluding hydrogens is 215 g/mol. The van der Waals surface area contributed by atoms with Crippen LogP contribution in [-0.4, -0.2) is 0 Å². The van der Waals surface area contributed by atoms with Crippen LogP contribution in [0.15, 0.2) is 18.2 Å². The molecule has 16 heavy (non-hydrogen) atoms. The van der Waals surface area contributed by atoms with Crippen molar-refractivity contribution in [3.05, 3.63) is 35.1 Å². The third-order valence-electron chi connectivity index (χ3n) is 2.55. The Morgan fingerprint density at radius 1 is 1.19 bits per heavy atom. The monoisotopic (exact) mass is 231 g/mol. The van der Waals surface area contributed by atoms with Crippen LogP contribution in [0.2, 0.25) is 0 Å². The van der Waals surface area contributed by atoms with Crippen LogP contribution in [0.1, 0.15) is 44.4 Å². The molecule has 0 bridgehead atoms. The Morgan fingerprint density at radius 2 is 1.75 bits per heavy atom. The maximum atomic E-state index is 13.3. The zero-order valence-corrected chi connectivity index (χ0v) is 9.60. The summed E-state index contributed by atoms with van der Waals surface area (Å²) in [6.07, 6.45) is -2.79. The van der Waals surface area contributed by atoms with E-state index in [9.17, 15) is 13.2 Å². The molecule has 0 unspecified atom stereocenters. The van der Waals surface area contributed by atoms with Crippen molar-refractivity contribution in [1.29, 1.82) is 0 Å². The topological polar surface area (TPSA) is 26.0 Å². The largest absolute Gasteiger partial charge is 0.324 e. The van der Waals surface area contributed by atoms with E-state index in [4.69, 9.17) is 5.73 Å². The first kappa shape index (κ1) is 13.0. The number of hydrogen-bond acceptors (Lipinski definition) is 1. The molecule has 2 N–H and O–H groups in total. The Kier molecular flexibility index (Phi) is 3.63. The van der Waals surface area contributed by atoms with Crippen LogP contribution in [0.5, 0.6) is 0 Å². The van der Waals surface area contributed by atoms with Crippen LogP contribution >= 0.6 is 0 Å². The van der Waals surface area contributed by atoms with Gasteiger partial charge in [-0.05, 0) is 17.0 Å². The molecule has 1 aromatic carbocycles. The number of hydrogen-bond donors (Lipinski definition) is 1. The van der Waals surface area contributed by atoms with E-state index in [2.05, 4.69) is 0 Å². The Labute approximate surface area is 93.5 Å². The Balaban J connectivity index is 3.07. The zero-order valence-electron chi connectivity index (χ0n) is 9.60. The summed E-state index contributed by atoms with van der Waals surface area (Å²) in [6, 6.07) is 3.27. The van der Waals surface area contributed by atoms with Crippen molar-refractivity contribution in [2.24, 2.45) is 11.1 Å². The molecule has 0 radical (unpaired) electrons. The molecule has 0 aromatic heterocycles. The summed E-state index contributed by atoms with van der Waals surface area (Å²) in [5.41, 5.74) is 5.63. The lowest BCUT2D eigenvalue weighted by atomic mass is 9.83. The summed E-state index contributed by atoms with van der Waals surface area (Å²) < 4.78 is 38.0. The Bertz CT molecular complexity index is 369. The van der Waals surface area contributed by atoms with Crippen LogP contribution in [0.4, 0.5) is 13.2 Å². The SMILES string of the molecule is CC(C)(C)[C@@H](N)c1ccc(C(F)F)c(F)c1. The van der Waals surface area contributed by atoms with Crippen LogP contribution in [-0.2, 0) is 0 Å². The van der Waals surface area contributed by atoms with Crippen molar-refractivity contribution >= 4 is 0 Å². The second kappa shape index (κ2) is 4.45. The highest BCUT2D eigenvalue weighted by molar-refractivity contribution is 5.28. The molecule has 90 valence electrons. The van der Waals surface area contributed by atoms with E-state index in [1.165, 1.54) is 6.07 Å². The number of alkyl halides is 2. The molecule has 0 aliphatic rings. The van der Waals surface area contributed by atoms with E-state index in [1.807, 2.05) is 20.8 Å². The molecular formula is C12H16F3N. The van der Waals surface area contributed by atoms with Gasteiger partial charge in [0, 0.05) is 6.04 Å². The van der Waals surface area contributed by atoms with E-state index >= 15 is 0 Å². The molecule has 0 aliphatic heterocycles. The van der Waals surface area contributed by atoms with Crippen molar-refractivity contribution in [1.82, 2.24) is 0 Å². The van der Waals surface area contributed by atoms with Gasteiger partial charge in [-0.15, -0.1) is 0 Å². The van der Waals surface area contributed by atoms with Crippen molar-refractivity contribution < 1.29 is 13.2 Å². The van der Waals surface area contributed by atoms with Crippen molar-refractivity contribution in [2.45, 2.75) is 33.2 Å². The van der Waals surface area contributed by atoms with Gasteiger partial charge in [0.15, 0.2) is 0 Å². The maximum absolute atomic E-state index is 13.3. The summed E-state index contributed by atoms with van der Waals surface area (Å²) >= 11 is 0. The minimum absolute atomic E-state index is 0.237. The summed E-state index contributed by atoms with van der Waals surface area (Å²) in [7, 11) is 0. The maximum Gasteiger partial charge on any atom is 0.266 e. The molecule has 4 heteroatoms. The van der Waals surface area contributed by atoms with Gasteiger partial charge in [-0.2, -0.15) is 0 Å². The number of nitrogens with two attached hydrogens (primary N) is 1. The fraction of sp³-hybridized carbons (Fsp3) is 0.500. The van der Waals surface area contributed by atoms with Crippen molar-refractivity contribution in [3.8, 4) is 0 Å². The number of benzene rings is 1. The molecule has 0 saturated heterocycles. The fourth-order valence-corrected chi connectivity index (χ4v) is 1.41. The predicted molar refractivity (Wildman–Crippen MR) is 57.7 cm³/mol. The average molecular weight is 231 g/mol. The summed E-state index contributed by atoms with van der Waals surface area (Å²) in [6.45, 7) is 5.74. The Morgan fingerprint density at radius 3 is 2.12 bits per heavy atom. The first-order valence-electron chi connectivity index (χ1n) is 5.06. The normalized spacial score (nSPS) is 14.2.